The van der Waals surface area contributed by atoms with Gasteiger partial charge in [0.2, 0.25) is 11.7 Å². The normalized spacial score (nSPS) is 10.2. The van der Waals surface area contributed by atoms with Crippen LogP contribution in [0.5, 0.6) is 0 Å². The SMILES string of the molecule is Nc1ccc(CC(=O)NCc2ccc(C(=O)O)o2)nc1. The third-order valence-electron chi connectivity index (χ3n) is 2.52. The molecule has 0 aromatic carbocycles. The highest BCUT2D eigenvalue weighted by Crippen LogP contribution is 2.07. The molecular weight excluding hydrogens is 262 g/mol. The van der Waals surface area contributed by atoms with Crippen LogP contribution in [0.3, 0.4) is 0 Å². The van der Waals surface area contributed by atoms with E-state index in [0.29, 0.717) is 17.1 Å². The number of aromatic carboxylic acids is 1. The molecular formula is C13H13N3O4. The van der Waals surface area contributed by atoms with Crippen LogP contribution in [-0.2, 0) is 17.8 Å². The number of nitrogen functional groups attached to an aromatic ring is 1. The average molecular weight is 275 g/mol. The molecule has 0 radical (unpaired) electrons. The Morgan fingerprint density at radius 1 is 1.30 bits per heavy atom. The molecule has 2 aromatic heterocycles. The van der Waals surface area contributed by atoms with Crippen molar-refractivity contribution in [3.8, 4) is 0 Å². The number of anilines is 1. The lowest BCUT2D eigenvalue weighted by molar-refractivity contribution is -0.120. The molecule has 1 amide bonds. The summed E-state index contributed by atoms with van der Waals surface area (Å²) in [7, 11) is 0. The van der Waals surface area contributed by atoms with Crippen molar-refractivity contribution < 1.29 is 19.1 Å². The first kappa shape index (κ1) is 13.6. The van der Waals surface area contributed by atoms with Gasteiger partial charge in [-0.15, -0.1) is 0 Å². The largest absolute Gasteiger partial charge is 0.475 e. The molecule has 7 heteroatoms. The first-order valence-electron chi connectivity index (χ1n) is 5.83. The lowest BCUT2D eigenvalue weighted by atomic mass is 10.2. The molecule has 7 nitrogen and oxygen atoms in total. The summed E-state index contributed by atoms with van der Waals surface area (Å²) in [4.78, 5) is 26.3. The van der Waals surface area contributed by atoms with Crippen molar-refractivity contribution in [3.05, 3.63) is 47.7 Å². The second kappa shape index (κ2) is 5.87. The molecule has 0 aliphatic heterocycles. The lowest BCUT2D eigenvalue weighted by Crippen LogP contribution is -2.24. The highest BCUT2D eigenvalue weighted by Gasteiger charge is 2.10. The van der Waals surface area contributed by atoms with E-state index in [1.165, 1.54) is 18.3 Å². The van der Waals surface area contributed by atoms with Crippen LogP contribution in [0.2, 0.25) is 0 Å². The van der Waals surface area contributed by atoms with E-state index in [1.54, 1.807) is 12.1 Å². The molecule has 0 saturated heterocycles. The summed E-state index contributed by atoms with van der Waals surface area (Å²) in [5.74, 6) is -1.17. The van der Waals surface area contributed by atoms with Crippen molar-refractivity contribution in [1.29, 1.82) is 0 Å². The van der Waals surface area contributed by atoms with Crippen molar-refractivity contribution in [1.82, 2.24) is 10.3 Å². The zero-order valence-corrected chi connectivity index (χ0v) is 10.5. The third-order valence-corrected chi connectivity index (χ3v) is 2.52. The summed E-state index contributed by atoms with van der Waals surface area (Å²) < 4.78 is 5.01. The highest BCUT2D eigenvalue weighted by atomic mass is 16.4. The minimum absolute atomic E-state index is 0.118. The van der Waals surface area contributed by atoms with Crippen LogP contribution >= 0.6 is 0 Å². The third kappa shape index (κ3) is 3.58. The van der Waals surface area contributed by atoms with Crippen LogP contribution in [-0.4, -0.2) is 22.0 Å². The van der Waals surface area contributed by atoms with E-state index in [4.69, 9.17) is 15.3 Å². The maximum Gasteiger partial charge on any atom is 0.371 e. The van der Waals surface area contributed by atoms with Gasteiger partial charge in [0.25, 0.3) is 0 Å². The molecule has 0 saturated carbocycles. The van der Waals surface area contributed by atoms with Gasteiger partial charge in [-0.2, -0.15) is 0 Å². The summed E-state index contributed by atoms with van der Waals surface area (Å²) in [6.45, 7) is 0.126. The van der Waals surface area contributed by atoms with Crippen LogP contribution < -0.4 is 11.1 Å². The van der Waals surface area contributed by atoms with E-state index in [9.17, 15) is 9.59 Å². The number of carboxylic acid groups (broad SMARTS) is 1. The number of hydrogen-bond donors (Lipinski definition) is 3. The van der Waals surface area contributed by atoms with Crippen LogP contribution in [0, 0.1) is 0 Å². The van der Waals surface area contributed by atoms with Gasteiger partial charge >= 0.3 is 5.97 Å². The summed E-state index contributed by atoms with van der Waals surface area (Å²) in [6.07, 6.45) is 1.60. The molecule has 0 atom stereocenters. The molecule has 2 heterocycles. The summed E-state index contributed by atoms with van der Waals surface area (Å²) in [5.41, 5.74) is 6.63. The van der Waals surface area contributed by atoms with E-state index in [2.05, 4.69) is 10.3 Å². The first-order valence-corrected chi connectivity index (χ1v) is 5.83. The molecule has 0 aliphatic rings. The number of carbonyl (C=O) groups excluding carboxylic acids is 1. The minimum Gasteiger partial charge on any atom is -0.475 e. The zero-order chi connectivity index (χ0) is 14.5. The van der Waals surface area contributed by atoms with E-state index in [-0.39, 0.29) is 24.6 Å². The maximum absolute atomic E-state index is 11.7. The van der Waals surface area contributed by atoms with Crippen LogP contribution in [0.15, 0.2) is 34.9 Å². The summed E-state index contributed by atoms with van der Waals surface area (Å²) >= 11 is 0. The van der Waals surface area contributed by atoms with Crippen molar-refractivity contribution in [2.45, 2.75) is 13.0 Å². The fraction of sp³-hybridized carbons (Fsp3) is 0.154. The quantitative estimate of drug-likeness (QED) is 0.743. The Kier molecular flexibility index (Phi) is 3.99. The van der Waals surface area contributed by atoms with Gasteiger partial charge in [0.15, 0.2) is 0 Å². The second-order valence-electron chi connectivity index (χ2n) is 4.11. The standard InChI is InChI=1S/C13H13N3O4/c14-8-1-2-9(15-6-8)5-12(17)16-7-10-3-4-11(20-10)13(18)19/h1-4,6H,5,7,14H2,(H,16,17)(H,18,19). The Bertz CT molecular complexity index is 619. The number of nitrogens with zero attached hydrogens (tertiary/aromatic N) is 1. The predicted octanol–water partition coefficient (Wildman–Crippen LogP) is 0.814. The van der Waals surface area contributed by atoms with Crippen LogP contribution in [0.1, 0.15) is 22.0 Å². The molecule has 20 heavy (non-hydrogen) atoms. The molecule has 0 fully saturated rings. The van der Waals surface area contributed by atoms with Gasteiger partial charge in [0, 0.05) is 5.69 Å². The van der Waals surface area contributed by atoms with Gasteiger partial charge in [-0.1, -0.05) is 0 Å². The number of carboxylic acids is 1. The molecule has 0 unspecified atom stereocenters. The molecule has 0 aliphatic carbocycles. The average Bonchev–Trinajstić information content (AvgIpc) is 2.88. The number of hydrogen-bond acceptors (Lipinski definition) is 5. The van der Waals surface area contributed by atoms with E-state index in [0.717, 1.165) is 0 Å². The number of aromatic nitrogens is 1. The number of rotatable bonds is 5. The Hall–Kier alpha value is -2.83. The maximum atomic E-state index is 11.7. The number of nitrogens with two attached hydrogens (primary N) is 1. The predicted molar refractivity (Wildman–Crippen MR) is 69.9 cm³/mol. The van der Waals surface area contributed by atoms with Crippen LogP contribution in [0.4, 0.5) is 5.69 Å². The number of furan rings is 1. The Labute approximate surface area is 114 Å². The van der Waals surface area contributed by atoms with Gasteiger partial charge in [0.1, 0.15) is 5.76 Å². The molecule has 2 aromatic rings. The fourth-order valence-electron chi connectivity index (χ4n) is 1.54. The number of amides is 1. The Balaban J connectivity index is 1.85. The zero-order valence-electron chi connectivity index (χ0n) is 10.5. The van der Waals surface area contributed by atoms with Crippen molar-refractivity contribution in [2.24, 2.45) is 0 Å². The number of carbonyl (C=O) groups is 2. The van der Waals surface area contributed by atoms with Crippen molar-refractivity contribution in [2.75, 3.05) is 5.73 Å². The Morgan fingerprint density at radius 2 is 2.10 bits per heavy atom. The van der Waals surface area contributed by atoms with Gasteiger partial charge in [0.05, 0.1) is 24.8 Å². The van der Waals surface area contributed by atoms with Crippen LogP contribution in [0.25, 0.3) is 0 Å². The van der Waals surface area contributed by atoms with Gasteiger partial charge in [-0.25, -0.2) is 4.79 Å². The molecule has 2 rings (SSSR count). The molecule has 0 bridgehead atoms. The smallest absolute Gasteiger partial charge is 0.371 e. The summed E-state index contributed by atoms with van der Waals surface area (Å²) in [5, 5.41) is 11.3. The summed E-state index contributed by atoms with van der Waals surface area (Å²) in [6, 6.07) is 6.18. The number of pyridine rings is 1. The first-order chi connectivity index (χ1) is 9.54. The topological polar surface area (TPSA) is 118 Å². The highest BCUT2D eigenvalue weighted by molar-refractivity contribution is 5.84. The monoisotopic (exact) mass is 275 g/mol. The molecule has 104 valence electrons. The second-order valence-corrected chi connectivity index (χ2v) is 4.11. The van der Waals surface area contributed by atoms with E-state index in [1.807, 2.05) is 0 Å². The number of nitrogens with one attached hydrogen (secondary N) is 1. The minimum atomic E-state index is -1.14. The van der Waals surface area contributed by atoms with E-state index >= 15 is 0 Å². The fourth-order valence-corrected chi connectivity index (χ4v) is 1.54. The van der Waals surface area contributed by atoms with Crippen molar-refractivity contribution >= 4 is 17.6 Å². The van der Waals surface area contributed by atoms with Crippen molar-refractivity contribution in [3.63, 3.8) is 0 Å². The molecule has 0 spiro atoms. The lowest BCUT2D eigenvalue weighted by Gasteiger charge is -2.03. The molecule has 4 N–H and O–H groups in total. The van der Waals surface area contributed by atoms with Gasteiger partial charge < -0.3 is 20.6 Å². The Morgan fingerprint density at radius 3 is 2.70 bits per heavy atom. The van der Waals surface area contributed by atoms with E-state index < -0.39 is 5.97 Å². The van der Waals surface area contributed by atoms with Gasteiger partial charge in [-0.05, 0) is 24.3 Å². The van der Waals surface area contributed by atoms with Gasteiger partial charge in [-0.3, -0.25) is 9.78 Å².